The van der Waals surface area contributed by atoms with Crippen molar-refractivity contribution in [2.45, 2.75) is 45.1 Å². The highest BCUT2D eigenvalue weighted by Crippen LogP contribution is 2.59. The molecule has 1 N–H and O–H groups in total. The number of benzene rings is 1. The summed E-state index contributed by atoms with van der Waals surface area (Å²) in [6.45, 7) is 2.24. The first-order valence-electron chi connectivity index (χ1n) is 8.68. The quantitative estimate of drug-likeness (QED) is 0.890. The van der Waals surface area contributed by atoms with E-state index in [4.69, 9.17) is 0 Å². The zero-order chi connectivity index (χ0) is 14.6. The molecule has 0 saturated heterocycles. The van der Waals surface area contributed by atoms with Crippen LogP contribution in [0.3, 0.4) is 0 Å². The molecule has 2 heteroatoms. The van der Waals surface area contributed by atoms with E-state index in [0.717, 1.165) is 29.7 Å². The van der Waals surface area contributed by atoms with E-state index >= 15 is 0 Å². The first kappa shape index (κ1) is 13.5. The monoisotopic (exact) mass is 284 g/mol. The lowest BCUT2D eigenvalue weighted by Crippen LogP contribution is -2.34. The maximum absolute atomic E-state index is 3.90. The van der Waals surface area contributed by atoms with E-state index < -0.39 is 0 Å². The second-order valence-corrected chi connectivity index (χ2v) is 7.80. The van der Waals surface area contributed by atoms with Crippen LogP contribution < -0.4 is 10.2 Å². The summed E-state index contributed by atoms with van der Waals surface area (Å²) >= 11 is 0. The van der Waals surface area contributed by atoms with E-state index in [2.05, 4.69) is 49.4 Å². The average Bonchev–Trinajstić information content (AvgIpc) is 3.12. The van der Waals surface area contributed by atoms with Gasteiger partial charge in [0.25, 0.3) is 0 Å². The Morgan fingerprint density at radius 1 is 1.05 bits per heavy atom. The van der Waals surface area contributed by atoms with Gasteiger partial charge in [-0.3, -0.25) is 0 Å². The number of nitrogens with one attached hydrogen (secondary N) is 1. The molecular formula is C19H28N2. The van der Waals surface area contributed by atoms with Crippen molar-refractivity contribution >= 4 is 11.4 Å². The SMILES string of the molecule is Cc1cc(N(C)C)ccc1NC1CC2CC1C1CCCC21. The molecule has 4 rings (SSSR count). The molecule has 3 fully saturated rings. The zero-order valence-corrected chi connectivity index (χ0v) is 13.6. The topological polar surface area (TPSA) is 15.3 Å². The van der Waals surface area contributed by atoms with Crippen LogP contribution in [0.5, 0.6) is 0 Å². The summed E-state index contributed by atoms with van der Waals surface area (Å²) in [7, 11) is 4.22. The number of hydrogen-bond acceptors (Lipinski definition) is 2. The Kier molecular flexibility index (Phi) is 3.16. The minimum absolute atomic E-state index is 0.734. The Balaban J connectivity index is 1.50. The number of rotatable bonds is 3. The highest BCUT2D eigenvalue weighted by molar-refractivity contribution is 5.60. The lowest BCUT2D eigenvalue weighted by Gasteiger charge is -2.33. The number of fused-ring (bicyclic) bond motifs is 5. The molecule has 0 heterocycles. The van der Waals surface area contributed by atoms with Gasteiger partial charge in [-0.05, 0) is 80.0 Å². The first-order chi connectivity index (χ1) is 10.1. The van der Waals surface area contributed by atoms with Gasteiger partial charge in [0, 0.05) is 31.5 Å². The van der Waals surface area contributed by atoms with Crippen LogP contribution in [0, 0.1) is 30.6 Å². The lowest BCUT2D eigenvalue weighted by atomic mass is 9.79. The molecule has 0 radical (unpaired) electrons. The van der Waals surface area contributed by atoms with Crippen LogP contribution in [-0.4, -0.2) is 20.1 Å². The van der Waals surface area contributed by atoms with Gasteiger partial charge in [0.15, 0.2) is 0 Å². The summed E-state index contributed by atoms with van der Waals surface area (Å²) in [6, 6.07) is 7.55. The molecule has 3 aliphatic carbocycles. The third-order valence-electron chi connectivity index (χ3n) is 6.50. The van der Waals surface area contributed by atoms with Gasteiger partial charge in [-0.1, -0.05) is 6.42 Å². The minimum atomic E-state index is 0.734. The van der Waals surface area contributed by atoms with Gasteiger partial charge < -0.3 is 10.2 Å². The van der Waals surface area contributed by atoms with E-state index in [-0.39, 0.29) is 0 Å². The van der Waals surface area contributed by atoms with E-state index in [1.807, 2.05) is 0 Å². The smallest absolute Gasteiger partial charge is 0.0373 e. The number of aryl methyl sites for hydroxylation is 1. The fraction of sp³-hybridized carbons (Fsp3) is 0.684. The molecule has 5 atom stereocenters. The maximum Gasteiger partial charge on any atom is 0.0373 e. The van der Waals surface area contributed by atoms with Crippen LogP contribution in [0.2, 0.25) is 0 Å². The highest BCUT2D eigenvalue weighted by Gasteiger charge is 2.53. The Hall–Kier alpha value is -1.18. The normalized spacial score (nSPS) is 36.8. The molecule has 0 aliphatic heterocycles. The molecule has 0 amide bonds. The summed E-state index contributed by atoms with van der Waals surface area (Å²) in [5.74, 6) is 4.12. The van der Waals surface area contributed by atoms with Crippen molar-refractivity contribution in [2.75, 3.05) is 24.3 Å². The summed E-state index contributed by atoms with van der Waals surface area (Å²) in [6.07, 6.45) is 7.44. The molecule has 5 unspecified atom stereocenters. The molecule has 1 aromatic carbocycles. The van der Waals surface area contributed by atoms with Crippen molar-refractivity contribution in [3.05, 3.63) is 23.8 Å². The first-order valence-corrected chi connectivity index (χ1v) is 8.68. The van der Waals surface area contributed by atoms with Crippen LogP contribution in [-0.2, 0) is 0 Å². The van der Waals surface area contributed by atoms with Crippen molar-refractivity contribution in [1.29, 1.82) is 0 Å². The van der Waals surface area contributed by atoms with Crippen molar-refractivity contribution < 1.29 is 0 Å². The minimum Gasteiger partial charge on any atom is -0.382 e. The molecule has 114 valence electrons. The molecule has 2 nitrogen and oxygen atoms in total. The Morgan fingerprint density at radius 3 is 2.62 bits per heavy atom. The predicted octanol–water partition coefficient (Wildman–Crippen LogP) is 4.30. The van der Waals surface area contributed by atoms with E-state index in [1.165, 1.54) is 49.0 Å². The van der Waals surface area contributed by atoms with Crippen molar-refractivity contribution in [2.24, 2.45) is 23.7 Å². The van der Waals surface area contributed by atoms with Crippen LogP contribution in [0.15, 0.2) is 18.2 Å². The van der Waals surface area contributed by atoms with Crippen molar-refractivity contribution in [1.82, 2.24) is 0 Å². The van der Waals surface area contributed by atoms with Crippen molar-refractivity contribution in [3.8, 4) is 0 Å². The molecule has 3 saturated carbocycles. The van der Waals surface area contributed by atoms with Crippen LogP contribution in [0.4, 0.5) is 11.4 Å². The van der Waals surface area contributed by atoms with Crippen LogP contribution in [0.25, 0.3) is 0 Å². The number of nitrogens with zero attached hydrogens (tertiary/aromatic N) is 1. The molecule has 1 aromatic rings. The second-order valence-electron chi connectivity index (χ2n) is 7.80. The summed E-state index contributed by atoms with van der Waals surface area (Å²) in [5.41, 5.74) is 4.03. The predicted molar refractivity (Wildman–Crippen MR) is 90.0 cm³/mol. The lowest BCUT2D eigenvalue weighted by molar-refractivity contribution is 0.243. The summed E-state index contributed by atoms with van der Waals surface area (Å²) in [5, 5.41) is 3.90. The number of anilines is 2. The van der Waals surface area contributed by atoms with Gasteiger partial charge in [0.05, 0.1) is 0 Å². The molecule has 2 bridgehead atoms. The Labute approximate surface area is 128 Å². The highest BCUT2D eigenvalue weighted by atomic mass is 15.1. The van der Waals surface area contributed by atoms with E-state index in [9.17, 15) is 0 Å². The van der Waals surface area contributed by atoms with E-state index in [0.29, 0.717) is 0 Å². The largest absolute Gasteiger partial charge is 0.382 e. The van der Waals surface area contributed by atoms with Gasteiger partial charge in [0.2, 0.25) is 0 Å². The standard InChI is InChI=1S/C19H28N2/c1-12-9-14(21(2)3)7-8-18(12)20-19-11-13-10-17(19)16-6-4-5-15(13)16/h7-9,13,15-17,19-20H,4-6,10-11H2,1-3H3. The van der Waals surface area contributed by atoms with Gasteiger partial charge in [-0.2, -0.15) is 0 Å². The molecule has 0 aromatic heterocycles. The maximum atomic E-state index is 3.90. The molecular weight excluding hydrogens is 256 g/mol. The van der Waals surface area contributed by atoms with Gasteiger partial charge >= 0.3 is 0 Å². The van der Waals surface area contributed by atoms with Gasteiger partial charge in [-0.25, -0.2) is 0 Å². The molecule has 0 spiro atoms. The van der Waals surface area contributed by atoms with Gasteiger partial charge in [0.1, 0.15) is 0 Å². The van der Waals surface area contributed by atoms with E-state index in [1.54, 1.807) is 0 Å². The Morgan fingerprint density at radius 2 is 1.86 bits per heavy atom. The molecule has 3 aliphatic rings. The van der Waals surface area contributed by atoms with Crippen molar-refractivity contribution in [3.63, 3.8) is 0 Å². The van der Waals surface area contributed by atoms with Crippen LogP contribution in [0.1, 0.15) is 37.7 Å². The summed E-state index contributed by atoms with van der Waals surface area (Å²) in [4.78, 5) is 2.18. The molecule has 21 heavy (non-hydrogen) atoms. The number of hydrogen-bond donors (Lipinski definition) is 1. The zero-order valence-electron chi connectivity index (χ0n) is 13.6. The third-order valence-corrected chi connectivity index (χ3v) is 6.50. The van der Waals surface area contributed by atoms with Gasteiger partial charge in [-0.15, -0.1) is 0 Å². The second kappa shape index (κ2) is 4.93. The summed E-state index contributed by atoms with van der Waals surface area (Å²) < 4.78 is 0. The van der Waals surface area contributed by atoms with Crippen LogP contribution >= 0.6 is 0 Å². The Bertz CT molecular complexity index is 536. The third kappa shape index (κ3) is 2.15. The fourth-order valence-corrected chi connectivity index (χ4v) is 5.52. The average molecular weight is 284 g/mol. The fourth-order valence-electron chi connectivity index (χ4n) is 5.52.